The average molecular weight is 393 g/mol. The monoisotopic (exact) mass is 392 g/mol. The largest absolute Gasteiger partial charge is 0.350 e. The smallest absolute Gasteiger partial charge is 0.261 e. The molecule has 1 amide bonds. The minimum Gasteiger partial charge on any atom is -0.350 e. The molecule has 2 aromatic rings. The van der Waals surface area contributed by atoms with Gasteiger partial charge in [0.2, 0.25) is 10.0 Å². The molecular weight excluding hydrogens is 379 g/mol. The van der Waals surface area contributed by atoms with Gasteiger partial charge in [0.25, 0.3) is 5.91 Å². The summed E-state index contributed by atoms with van der Waals surface area (Å²) in [6, 6.07) is 8.23. The van der Waals surface area contributed by atoms with Crippen LogP contribution in [0.4, 0.5) is 5.69 Å². The van der Waals surface area contributed by atoms with Crippen molar-refractivity contribution in [3.63, 3.8) is 0 Å². The van der Waals surface area contributed by atoms with Gasteiger partial charge in [-0.05, 0) is 23.6 Å². The second-order valence-corrected chi connectivity index (χ2v) is 8.28. The first-order chi connectivity index (χ1) is 10.8. The van der Waals surface area contributed by atoms with Crippen LogP contribution < -0.4 is 9.62 Å². The quantitative estimate of drug-likeness (QED) is 0.820. The Labute approximate surface area is 148 Å². The summed E-state index contributed by atoms with van der Waals surface area (Å²) in [5, 5.41) is 4.90. The van der Waals surface area contributed by atoms with Crippen molar-refractivity contribution in [2.75, 3.05) is 23.7 Å². The highest BCUT2D eigenvalue weighted by atomic mass is 35.5. The number of rotatable bonds is 6. The molecule has 0 radical (unpaired) electrons. The normalized spacial score (nSPS) is 11.3. The number of carbonyl (C=O) groups excluding carboxylic acids is 1. The van der Waals surface area contributed by atoms with E-state index in [2.05, 4.69) is 5.32 Å². The summed E-state index contributed by atoms with van der Waals surface area (Å²) in [5.74, 6) is -0.245. The first-order valence-corrected chi connectivity index (χ1v) is 10.0. The van der Waals surface area contributed by atoms with Gasteiger partial charge >= 0.3 is 0 Å². The van der Waals surface area contributed by atoms with Gasteiger partial charge in [-0.2, -0.15) is 0 Å². The van der Waals surface area contributed by atoms with Crippen LogP contribution in [0.5, 0.6) is 0 Å². The maximum Gasteiger partial charge on any atom is 0.261 e. The molecular formula is C14H14Cl2N2O3S2. The van der Waals surface area contributed by atoms with E-state index in [1.807, 2.05) is 0 Å². The van der Waals surface area contributed by atoms with E-state index in [0.29, 0.717) is 4.88 Å². The summed E-state index contributed by atoms with van der Waals surface area (Å²) in [6.07, 6.45) is 1.07. The second-order valence-electron chi connectivity index (χ2n) is 4.64. The molecule has 0 atom stereocenters. The molecule has 1 heterocycles. The average Bonchev–Trinajstić information content (AvgIpc) is 3.00. The van der Waals surface area contributed by atoms with Gasteiger partial charge in [0.05, 0.1) is 33.4 Å². The van der Waals surface area contributed by atoms with Gasteiger partial charge < -0.3 is 5.32 Å². The zero-order valence-corrected chi connectivity index (χ0v) is 15.3. The molecule has 0 saturated heterocycles. The van der Waals surface area contributed by atoms with Crippen molar-refractivity contribution in [2.45, 2.75) is 0 Å². The van der Waals surface area contributed by atoms with E-state index >= 15 is 0 Å². The summed E-state index contributed by atoms with van der Waals surface area (Å²) in [6.45, 7) is 0.197. The Morgan fingerprint density at radius 1 is 1.26 bits per heavy atom. The molecule has 0 aliphatic rings. The molecule has 1 aromatic carbocycles. The summed E-state index contributed by atoms with van der Waals surface area (Å²) in [4.78, 5) is 12.4. The van der Waals surface area contributed by atoms with Gasteiger partial charge in [-0.1, -0.05) is 35.3 Å². The number of halogens is 2. The van der Waals surface area contributed by atoms with Crippen LogP contribution >= 0.6 is 34.5 Å². The SMILES string of the molecule is CS(=O)(=O)N(CCNC(=O)c1cccs1)c1cccc(Cl)c1Cl. The van der Waals surface area contributed by atoms with Crippen molar-refractivity contribution < 1.29 is 13.2 Å². The van der Waals surface area contributed by atoms with Gasteiger partial charge in [0, 0.05) is 6.54 Å². The maximum atomic E-state index is 12.0. The minimum absolute atomic E-state index is 0.0516. The molecule has 0 aliphatic carbocycles. The molecule has 0 fully saturated rings. The number of nitrogens with zero attached hydrogens (tertiary/aromatic N) is 1. The van der Waals surface area contributed by atoms with Crippen molar-refractivity contribution >= 4 is 56.2 Å². The van der Waals surface area contributed by atoms with Crippen molar-refractivity contribution in [3.05, 3.63) is 50.6 Å². The van der Waals surface area contributed by atoms with E-state index in [4.69, 9.17) is 23.2 Å². The fourth-order valence-electron chi connectivity index (χ4n) is 1.92. The number of carbonyl (C=O) groups is 1. The lowest BCUT2D eigenvalue weighted by molar-refractivity contribution is 0.0959. The molecule has 124 valence electrons. The fourth-order valence-corrected chi connectivity index (χ4v) is 3.94. The molecule has 1 N–H and O–H groups in total. The Morgan fingerprint density at radius 3 is 2.61 bits per heavy atom. The number of hydrogen-bond donors (Lipinski definition) is 1. The predicted molar refractivity (Wildman–Crippen MR) is 95.3 cm³/mol. The van der Waals surface area contributed by atoms with Crippen LogP contribution in [0.15, 0.2) is 35.7 Å². The highest BCUT2D eigenvalue weighted by molar-refractivity contribution is 7.92. The van der Waals surface area contributed by atoms with E-state index in [9.17, 15) is 13.2 Å². The van der Waals surface area contributed by atoms with Gasteiger partial charge in [0.15, 0.2) is 0 Å². The van der Waals surface area contributed by atoms with Crippen LogP contribution in [0.2, 0.25) is 10.0 Å². The van der Waals surface area contributed by atoms with Crippen LogP contribution in [-0.2, 0) is 10.0 Å². The van der Waals surface area contributed by atoms with Crippen LogP contribution in [0.3, 0.4) is 0 Å². The Morgan fingerprint density at radius 2 is 2.00 bits per heavy atom. The highest BCUT2D eigenvalue weighted by Crippen LogP contribution is 2.33. The Balaban J connectivity index is 2.12. The lowest BCUT2D eigenvalue weighted by Gasteiger charge is -2.23. The standard InChI is InChI=1S/C14H14Cl2N2O3S2/c1-23(20,21)18(11-5-2-4-10(15)13(11)16)8-7-17-14(19)12-6-3-9-22-12/h2-6,9H,7-8H2,1H3,(H,17,19). The zero-order valence-electron chi connectivity index (χ0n) is 12.1. The number of sulfonamides is 1. The Kier molecular flexibility index (Phi) is 5.91. The van der Waals surface area contributed by atoms with Gasteiger partial charge in [-0.3, -0.25) is 9.10 Å². The van der Waals surface area contributed by atoms with Crippen LogP contribution in [0.25, 0.3) is 0 Å². The van der Waals surface area contributed by atoms with Crippen molar-refractivity contribution in [2.24, 2.45) is 0 Å². The third-order valence-electron chi connectivity index (χ3n) is 2.95. The molecule has 9 heteroatoms. The fraction of sp³-hybridized carbons (Fsp3) is 0.214. The first kappa shape index (κ1) is 18.1. The van der Waals surface area contributed by atoms with E-state index < -0.39 is 10.0 Å². The van der Waals surface area contributed by atoms with E-state index in [0.717, 1.165) is 10.6 Å². The summed E-state index contributed by atoms with van der Waals surface area (Å²) < 4.78 is 25.1. The highest BCUT2D eigenvalue weighted by Gasteiger charge is 2.21. The third kappa shape index (κ3) is 4.60. The maximum absolute atomic E-state index is 12.0. The van der Waals surface area contributed by atoms with Crippen molar-refractivity contribution in [1.29, 1.82) is 0 Å². The number of amides is 1. The molecule has 0 bridgehead atoms. The van der Waals surface area contributed by atoms with Crippen LogP contribution in [-0.4, -0.2) is 33.7 Å². The predicted octanol–water partition coefficient (Wildman–Crippen LogP) is 3.25. The second kappa shape index (κ2) is 7.53. The molecule has 0 spiro atoms. The van der Waals surface area contributed by atoms with Gasteiger partial charge in [-0.25, -0.2) is 8.42 Å². The number of anilines is 1. The first-order valence-electron chi connectivity index (χ1n) is 6.54. The molecule has 23 heavy (non-hydrogen) atoms. The van der Waals surface area contributed by atoms with Crippen molar-refractivity contribution in [3.8, 4) is 0 Å². The Hall–Kier alpha value is -1.28. The van der Waals surface area contributed by atoms with Crippen molar-refractivity contribution in [1.82, 2.24) is 5.32 Å². The van der Waals surface area contributed by atoms with Crippen LogP contribution in [0, 0.1) is 0 Å². The topological polar surface area (TPSA) is 66.5 Å². The summed E-state index contributed by atoms with van der Waals surface area (Å²) in [7, 11) is -3.57. The zero-order chi connectivity index (χ0) is 17.0. The Bertz CT molecular complexity index is 792. The van der Waals surface area contributed by atoms with E-state index in [-0.39, 0.29) is 34.7 Å². The molecule has 0 aliphatic heterocycles. The number of benzene rings is 1. The lowest BCUT2D eigenvalue weighted by Crippen LogP contribution is -2.38. The van der Waals surface area contributed by atoms with Gasteiger partial charge in [-0.15, -0.1) is 11.3 Å². The van der Waals surface area contributed by atoms with Crippen LogP contribution in [0.1, 0.15) is 9.67 Å². The lowest BCUT2D eigenvalue weighted by atomic mass is 10.3. The third-order valence-corrected chi connectivity index (χ3v) is 5.80. The summed E-state index contributed by atoms with van der Waals surface area (Å²) >= 11 is 13.3. The molecule has 0 unspecified atom stereocenters. The van der Waals surface area contributed by atoms with Gasteiger partial charge in [0.1, 0.15) is 0 Å². The molecule has 5 nitrogen and oxygen atoms in total. The molecule has 2 rings (SSSR count). The number of thiophene rings is 1. The molecule has 0 saturated carbocycles. The minimum atomic E-state index is -3.57. The molecule has 1 aromatic heterocycles. The van der Waals surface area contributed by atoms with E-state index in [1.54, 1.807) is 35.7 Å². The summed E-state index contributed by atoms with van der Waals surface area (Å²) in [5.41, 5.74) is 0.284. The van der Waals surface area contributed by atoms with E-state index in [1.165, 1.54) is 11.3 Å². The number of hydrogen-bond acceptors (Lipinski definition) is 4. The number of nitrogens with one attached hydrogen (secondary N) is 1.